The van der Waals surface area contributed by atoms with Gasteiger partial charge < -0.3 is 10.1 Å². The molecule has 0 saturated heterocycles. The summed E-state index contributed by atoms with van der Waals surface area (Å²) in [6.07, 6.45) is -0.263. The van der Waals surface area contributed by atoms with Gasteiger partial charge in [0.05, 0.1) is 5.69 Å². The average molecular weight is 331 g/mol. The number of rotatable bonds is 2. The smallest absolute Gasteiger partial charge is 0.410 e. The van der Waals surface area contributed by atoms with Crippen LogP contribution in [0.1, 0.15) is 31.9 Å². The third-order valence-corrected chi connectivity index (χ3v) is 4.45. The van der Waals surface area contributed by atoms with Gasteiger partial charge in [0.25, 0.3) is 0 Å². The maximum atomic E-state index is 12.2. The van der Waals surface area contributed by atoms with Crippen molar-refractivity contribution in [3.63, 3.8) is 0 Å². The third-order valence-electron chi connectivity index (χ3n) is 3.59. The number of hydrogen-bond acceptors (Lipinski definition) is 5. The molecule has 1 N–H and O–H groups in total. The molecule has 0 fully saturated rings. The van der Waals surface area contributed by atoms with Gasteiger partial charge in [-0.25, -0.2) is 9.78 Å². The summed E-state index contributed by atoms with van der Waals surface area (Å²) in [5.41, 5.74) is 3.89. The first-order chi connectivity index (χ1) is 10.9. The first kappa shape index (κ1) is 15.8. The Morgan fingerprint density at radius 1 is 1.30 bits per heavy atom. The predicted molar refractivity (Wildman–Crippen MR) is 92.6 cm³/mol. The zero-order valence-electron chi connectivity index (χ0n) is 13.8. The lowest BCUT2D eigenvalue weighted by molar-refractivity contribution is 0.0242. The van der Waals surface area contributed by atoms with E-state index in [-0.39, 0.29) is 6.09 Å². The number of anilines is 1. The standard InChI is InChI=1S/C17H21N3O2S/c1-17(2,3)22-16(21)20-8-12-6-5-11(7-13(12)9-20)14-10-23-15(18-4)19-14/h5-7,10H,8-9H2,1-4H3,(H,18,19). The quantitative estimate of drug-likeness (QED) is 0.900. The molecule has 122 valence electrons. The summed E-state index contributed by atoms with van der Waals surface area (Å²) in [5, 5.41) is 5.99. The van der Waals surface area contributed by atoms with E-state index >= 15 is 0 Å². The Kier molecular flexibility index (Phi) is 4.02. The molecule has 6 heteroatoms. The van der Waals surface area contributed by atoms with Gasteiger partial charge in [0.1, 0.15) is 5.60 Å². The second-order valence-corrected chi connectivity index (χ2v) is 7.47. The molecule has 1 aromatic carbocycles. The van der Waals surface area contributed by atoms with Crippen LogP contribution in [0.25, 0.3) is 11.3 Å². The van der Waals surface area contributed by atoms with Crippen LogP contribution in [0.2, 0.25) is 0 Å². The number of carbonyl (C=O) groups is 1. The van der Waals surface area contributed by atoms with Crippen LogP contribution in [-0.2, 0) is 17.8 Å². The lowest BCUT2D eigenvalue weighted by Crippen LogP contribution is -2.33. The van der Waals surface area contributed by atoms with Gasteiger partial charge in [0.2, 0.25) is 0 Å². The highest BCUT2D eigenvalue weighted by Gasteiger charge is 2.27. The van der Waals surface area contributed by atoms with Crippen molar-refractivity contribution in [2.45, 2.75) is 39.5 Å². The van der Waals surface area contributed by atoms with E-state index in [1.807, 2.05) is 33.2 Å². The molecule has 0 aliphatic carbocycles. The largest absolute Gasteiger partial charge is 0.444 e. The minimum absolute atomic E-state index is 0.263. The van der Waals surface area contributed by atoms with Crippen LogP contribution in [0.4, 0.5) is 9.93 Å². The molecule has 1 aliphatic rings. The van der Waals surface area contributed by atoms with Crippen molar-refractivity contribution in [1.82, 2.24) is 9.88 Å². The van der Waals surface area contributed by atoms with Gasteiger partial charge >= 0.3 is 6.09 Å². The molecule has 1 aliphatic heterocycles. The molecule has 0 atom stereocenters. The molecule has 2 aromatic rings. The lowest BCUT2D eigenvalue weighted by Gasteiger charge is -2.24. The third kappa shape index (κ3) is 3.47. The first-order valence-corrected chi connectivity index (χ1v) is 8.47. The van der Waals surface area contributed by atoms with Gasteiger partial charge in [-0.05, 0) is 38.0 Å². The summed E-state index contributed by atoms with van der Waals surface area (Å²) >= 11 is 1.58. The van der Waals surface area contributed by atoms with Gasteiger partial charge in [0, 0.05) is 31.1 Å². The zero-order chi connectivity index (χ0) is 16.6. The van der Waals surface area contributed by atoms with Gasteiger partial charge in [-0.15, -0.1) is 11.3 Å². The number of fused-ring (bicyclic) bond motifs is 1. The molecule has 23 heavy (non-hydrogen) atoms. The van der Waals surface area contributed by atoms with E-state index in [1.54, 1.807) is 16.2 Å². The van der Waals surface area contributed by atoms with E-state index in [9.17, 15) is 4.79 Å². The summed E-state index contributed by atoms with van der Waals surface area (Å²) in [4.78, 5) is 18.5. The van der Waals surface area contributed by atoms with Gasteiger partial charge in [-0.3, -0.25) is 4.90 Å². The molecular weight excluding hydrogens is 310 g/mol. The number of benzene rings is 1. The normalized spacial score (nSPS) is 13.8. The fourth-order valence-corrected chi connectivity index (χ4v) is 3.21. The van der Waals surface area contributed by atoms with Crippen molar-refractivity contribution in [2.24, 2.45) is 0 Å². The molecule has 1 aromatic heterocycles. The maximum Gasteiger partial charge on any atom is 0.410 e. The number of nitrogens with one attached hydrogen (secondary N) is 1. The van der Waals surface area contributed by atoms with Gasteiger partial charge in [0.15, 0.2) is 5.13 Å². The fourth-order valence-electron chi connectivity index (χ4n) is 2.53. The molecule has 2 heterocycles. The van der Waals surface area contributed by atoms with Crippen LogP contribution in [0.3, 0.4) is 0 Å². The highest BCUT2D eigenvalue weighted by atomic mass is 32.1. The number of aromatic nitrogens is 1. The lowest BCUT2D eigenvalue weighted by atomic mass is 10.1. The second-order valence-electron chi connectivity index (χ2n) is 6.61. The van der Waals surface area contributed by atoms with Crippen molar-refractivity contribution in [3.05, 3.63) is 34.7 Å². The minimum Gasteiger partial charge on any atom is -0.444 e. The monoisotopic (exact) mass is 331 g/mol. The Morgan fingerprint density at radius 3 is 2.70 bits per heavy atom. The van der Waals surface area contributed by atoms with E-state index in [0.717, 1.165) is 22.0 Å². The van der Waals surface area contributed by atoms with Crippen LogP contribution in [0, 0.1) is 0 Å². The second kappa shape index (κ2) is 5.85. The van der Waals surface area contributed by atoms with Crippen LogP contribution < -0.4 is 5.32 Å². The number of amides is 1. The van der Waals surface area contributed by atoms with Crippen molar-refractivity contribution < 1.29 is 9.53 Å². The van der Waals surface area contributed by atoms with Crippen molar-refractivity contribution >= 4 is 22.6 Å². The van der Waals surface area contributed by atoms with E-state index in [2.05, 4.69) is 28.5 Å². The Balaban J connectivity index is 1.77. The van der Waals surface area contributed by atoms with Crippen LogP contribution in [0.15, 0.2) is 23.6 Å². The summed E-state index contributed by atoms with van der Waals surface area (Å²) in [6.45, 7) is 6.83. The molecule has 0 bridgehead atoms. The number of nitrogens with zero attached hydrogens (tertiary/aromatic N) is 2. The number of hydrogen-bond donors (Lipinski definition) is 1. The molecule has 0 spiro atoms. The summed E-state index contributed by atoms with van der Waals surface area (Å²) in [7, 11) is 1.87. The number of ether oxygens (including phenoxy) is 1. The van der Waals surface area contributed by atoms with Gasteiger partial charge in [-0.1, -0.05) is 12.1 Å². The van der Waals surface area contributed by atoms with Gasteiger partial charge in [-0.2, -0.15) is 0 Å². The topological polar surface area (TPSA) is 54.5 Å². The van der Waals surface area contributed by atoms with E-state index in [0.29, 0.717) is 13.1 Å². The Labute approximate surface area is 140 Å². The van der Waals surface area contributed by atoms with Crippen molar-refractivity contribution in [2.75, 3.05) is 12.4 Å². The van der Waals surface area contributed by atoms with Crippen LogP contribution in [0.5, 0.6) is 0 Å². The minimum atomic E-state index is -0.471. The summed E-state index contributed by atoms with van der Waals surface area (Å²) in [5.74, 6) is 0. The van der Waals surface area contributed by atoms with E-state index < -0.39 is 5.60 Å². The molecule has 0 unspecified atom stereocenters. The van der Waals surface area contributed by atoms with Crippen molar-refractivity contribution in [3.8, 4) is 11.3 Å². The van der Waals surface area contributed by atoms with Crippen LogP contribution >= 0.6 is 11.3 Å². The number of thiazole rings is 1. The van der Waals surface area contributed by atoms with E-state index in [1.165, 1.54) is 5.56 Å². The molecule has 5 nitrogen and oxygen atoms in total. The molecule has 3 rings (SSSR count). The van der Waals surface area contributed by atoms with E-state index in [4.69, 9.17) is 4.74 Å². The highest BCUT2D eigenvalue weighted by Crippen LogP contribution is 2.30. The summed E-state index contributed by atoms with van der Waals surface area (Å²) < 4.78 is 5.45. The predicted octanol–water partition coefficient (Wildman–Crippen LogP) is 4.10. The SMILES string of the molecule is CNc1nc(-c2ccc3c(c2)CN(C(=O)OC(C)(C)C)C3)cs1. The molecule has 0 saturated carbocycles. The fraction of sp³-hybridized carbons (Fsp3) is 0.412. The Bertz CT molecular complexity index is 734. The first-order valence-electron chi connectivity index (χ1n) is 7.59. The highest BCUT2D eigenvalue weighted by molar-refractivity contribution is 7.14. The average Bonchev–Trinajstić information content (AvgIpc) is 3.11. The zero-order valence-corrected chi connectivity index (χ0v) is 14.7. The summed E-state index contributed by atoms with van der Waals surface area (Å²) in [6, 6.07) is 6.26. The molecule has 0 radical (unpaired) electrons. The molecular formula is C17H21N3O2S. The maximum absolute atomic E-state index is 12.2. The molecule has 1 amide bonds. The number of carbonyl (C=O) groups excluding carboxylic acids is 1. The van der Waals surface area contributed by atoms with Crippen molar-refractivity contribution in [1.29, 1.82) is 0 Å². The Morgan fingerprint density at radius 2 is 2.04 bits per heavy atom. The Hall–Kier alpha value is -2.08. The van der Waals surface area contributed by atoms with Crippen LogP contribution in [-0.4, -0.2) is 28.6 Å².